The number of carbonyl (C=O) groups excluding carboxylic acids is 2. The van der Waals surface area contributed by atoms with E-state index in [2.05, 4.69) is 0 Å². The number of aliphatic hydroxyl groups is 1. The van der Waals surface area contributed by atoms with E-state index in [9.17, 15) is 19.8 Å². The van der Waals surface area contributed by atoms with Crippen molar-refractivity contribution < 1.29 is 19.8 Å². The van der Waals surface area contributed by atoms with Gasteiger partial charge in [-0.25, -0.2) is 0 Å². The number of aromatic hydroxyl groups is 1. The van der Waals surface area contributed by atoms with Crippen molar-refractivity contribution in [2.75, 3.05) is 0 Å². The number of hydrogen-bond donors (Lipinski definition) is 2. The zero-order chi connectivity index (χ0) is 11.4. The zero-order valence-corrected chi connectivity index (χ0v) is 8.10. The minimum absolute atomic E-state index is 0.118. The first kappa shape index (κ1) is 11.0. The molecule has 4 heteroatoms. The van der Waals surface area contributed by atoms with Crippen LogP contribution in [0.15, 0.2) is 30.3 Å². The third kappa shape index (κ3) is 2.67. The lowest BCUT2D eigenvalue weighted by atomic mass is 10.1. The van der Waals surface area contributed by atoms with Gasteiger partial charge in [0.05, 0.1) is 5.56 Å². The maximum absolute atomic E-state index is 11.0. The second-order valence-electron chi connectivity index (χ2n) is 2.97. The number of Topliss-reactive ketones (excluding diaryl/α,β-unsaturated/α-hetero) is 1. The summed E-state index contributed by atoms with van der Waals surface area (Å²) in [6, 6.07) is 5.99. The molecule has 0 bridgehead atoms. The summed E-state index contributed by atoms with van der Waals surface area (Å²) in [5.41, 5.74) is 0.118. The minimum atomic E-state index is -0.809. The highest BCUT2D eigenvalue weighted by molar-refractivity contribution is 6.41. The van der Waals surface area contributed by atoms with Crippen molar-refractivity contribution in [1.82, 2.24) is 0 Å². The minimum Gasteiger partial charge on any atom is -0.507 e. The van der Waals surface area contributed by atoms with E-state index in [-0.39, 0.29) is 11.3 Å². The molecule has 0 heterocycles. The van der Waals surface area contributed by atoms with Crippen LogP contribution in [0.1, 0.15) is 12.5 Å². The lowest BCUT2D eigenvalue weighted by Gasteiger charge is -2.01. The van der Waals surface area contributed by atoms with Gasteiger partial charge in [-0.3, -0.25) is 9.59 Å². The Labute approximate surface area is 86.5 Å². The van der Waals surface area contributed by atoms with Gasteiger partial charge in [-0.05, 0) is 12.1 Å². The summed E-state index contributed by atoms with van der Waals surface area (Å²) in [6.07, 6.45) is 0.789. The summed E-state index contributed by atoms with van der Waals surface area (Å²) >= 11 is 0. The molecule has 0 saturated carbocycles. The van der Waals surface area contributed by atoms with Crippen LogP contribution < -0.4 is 0 Å². The molecule has 78 valence electrons. The number of carbonyl (C=O) groups is 2. The van der Waals surface area contributed by atoms with Gasteiger partial charge in [-0.15, -0.1) is 0 Å². The molecule has 0 aliphatic heterocycles. The van der Waals surface area contributed by atoms with Crippen LogP contribution in [0.3, 0.4) is 0 Å². The molecular weight excluding hydrogens is 196 g/mol. The number of para-hydroxylation sites is 1. The first-order valence-corrected chi connectivity index (χ1v) is 4.26. The predicted molar refractivity (Wildman–Crippen MR) is 54.4 cm³/mol. The summed E-state index contributed by atoms with van der Waals surface area (Å²) in [5, 5.41) is 18.8. The summed E-state index contributed by atoms with van der Waals surface area (Å²) in [4.78, 5) is 21.6. The number of hydrogen-bond acceptors (Lipinski definition) is 4. The van der Waals surface area contributed by atoms with E-state index >= 15 is 0 Å². The largest absolute Gasteiger partial charge is 0.507 e. The smallest absolute Gasteiger partial charge is 0.224 e. The van der Waals surface area contributed by atoms with Gasteiger partial charge in [0, 0.05) is 13.0 Å². The average Bonchev–Trinajstić information content (AvgIpc) is 2.18. The van der Waals surface area contributed by atoms with E-state index in [0.717, 1.165) is 13.0 Å². The average molecular weight is 206 g/mol. The number of allylic oxidation sites excluding steroid dienone is 1. The summed E-state index contributed by atoms with van der Waals surface area (Å²) in [5.74, 6) is -2.05. The van der Waals surface area contributed by atoms with Gasteiger partial charge >= 0.3 is 0 Å². The van der Waals surface area contributed by atoms with Gasteiger partial charge in [0.1, 0.15) is 11.5 Å². The lowest BCUT2D eigenvalue weighted by Crippen LogP contribution is -2.06. The second-order valence-corrected chi connectivity index (χ2v) is 2.97. The Morgan fingerprint density at radius 2 is 1.87 bits per heavy atom. The van der Waals surface area contributed by atoms with E-state index in [1.54, 1.807) is 12.1 Å². The predicted octanol–water partition coefficient (Wildman–Crippen LogP) is 1.45. The molecule has 1 rings (SSSR count). The highest BCUT2D eigenvalue weighted by Crippen LogP contribution is 2.22. The number of rotatable bonds is 3. The third-order valence-corrected chi connectivity index (χ3v) is 1.79. The topological polar surface area (TPSA) is 74.6 Å². The van der Waals surface area contributed by atoms with Crippen molar-refractivity contribution in [1.29, 1.82) is 0 Å². The molecule has 4 nitrogen and oxygen atoms in total. The fourth-order valence-corrected chi connectivity index (χ4v) is 0.994. The summed E-state index contributed by atoms with van der Waals surface area (Å²) in [7, 11) is 0. The molecule has 0 aromatic heterocycles. The molecule has 0 fully saturated rings. The van der Waals surface area contributed by atoms with Crippen molar-refractivity contribution in [3.8, 4) is 5.75 Å². The first-order chi connectivity index (χ1) is 7.02. The van der Waals surface area contributed by atoms with E-state index < -0.39 is 17.3 Å². The zero-order valence-electron chi connectivity index (χ0n) is 8.10. The maximum atomic E-state index is 11.0. The molecule has 0 atom stereocenters. The fraction of sp³-hybridized carbons (Fsp3) is 0.0909. The highest BCUT2D eigenvalue weighted by atomic mass is 16.3. The van der Waals surface area contributed by atoms with E-state index in [1.807, 2.05) is 0 Å². The number of aliphatic hydroxyl groups excluding tert-OH is 1. The van der Waals surface area contributed by atoms with Gasteiger partial charge in [-0.2, -0.15) is 0 Å². The second kappa shape index (κ2) is 4.41. The normalized spacial score (nSPS) is 11.1. The lowest BCUT2D eigenvalue weighted by molar-refractivity contribution is -0.132. The number of ketones is 2. The fourth-order valence-electron chi connectivity index (χ4n) is 0.994. The van der Waals surface area contributed by atoms with E-state index in [0.29, 0.717) is 0 Å². The molecule has 0 radical (unpaired) electrons. The van der Waals surface area contributed by atoms with Crippen LogP contribution >= 0.6 is 0 Å². The molecular formula is C11H10O4. The Kier molecular flexibility index (Phi) is 3.23. The molecule has 0 spiro atoms. The van der Waals surface area contributed by atoms with Crippen LogP contribution in [0, 0.1) is 0 Å². The van der Waals surface area contributed by atoms with Gasteiger partial charge < -0.3 is 10.2 Å². The van der Waals surface area contributed by atoms with Gasteiger partial charge in [0.25, 0.3) is 0 Å². The van der Waals surface area contributed by atoms with Crippen molar-refractivity contribution in [2.24, 2.45) is 0 Å². The van der Waals surface area contributed by atoms with Crippen molar-refractivity contribution in [3.05, 3.63) is 35.9 Å². The first-order valence-electron chi connectivity index (χ1n) is 4.26. The molecule has 0 saturated heterocycles. The van der Waals surface area contributed by atoms with Gasteiger partial charge in [0.15, 0.2) is 5.78 Å². The summed E-state index contributed by atoms with van der Waals surface area (Å²) < 4.78 is 0. The highest BCUT2D eigenvalue weighted by Gasteiger charge is 2.09. The Balaban J connectivity index is 3.05. The van der Waals surface area contributed by atoms with Crippen molar-refractivity contribution in [3.63, 3.8) is 0 Å². The van der Waals surface area contributed by atoms with Crippen LogP contribution in [0.2, 0.25) is 0 Å². The quantitative estimate of drug-likeness (QED) is 0.446. The monoisotopic (exact) mass is 206 g/mol. The van der Waals surface area contributed by atoms with Crippen LogP contribution in [0.5, 0.6) is 5.75 Å². The molecule has 0 amide bonds. The number of benzene rings is 1. The molecule has 0 unspecified atom stereocenters. The molecule has 15 heavy (non-hydrogen) atoms. The molecule has 2 N–H and O–H groups in total. The third-order valence-electron chi connectivity index (χ3n) is 1.79. The summed E-state index contributed by atoms with van der Waals surface area (Å²) in [6.45, 7) is 1.11. The Bertz CT molecular complexity index is 432. The number of phenols is 1. The van der Waals surface area contributed by atoms with Crippen LogP contribution in [0.25, 0.3) is 5.76 Å². The van der Waals surface area contributed by atoms with Crippen LogP contribution in [0.4, 0.5) is 0 Å². The van der Waals surface area contributed by atoms with Gasteiger partial charge in [-0.1, -0.05) is 12.1 Å². The number of phenolic OH excluding ortho intramolecular Hbond substituents is 1. The molecule has 1 aromatic rings. The van der Waals surface area contributed by atoms with E-state index in [1.165, 1.54) is 12.1 Å². The Morgan fingerprint density at radius 1 is 1.27 bits per heavy atom. The standard InChI is InChI=1S/C11H10O4/c1-7(12)10(14)6-11(15)8-4-2-3-5-9(8)13/h2-6,13,15H,1H3/b11-6-. The van der Waals surface area contributed by atoms with Crippen LogP contribution in [-0.2, 0) is 9.59 Å². The Morgan fingerprint density at radius 3 is 2.40 bits per heavy atom. The Hall–Kier alpha value is -2.10. The van der Waals surface area contributed by atoms with Gasteiger partial charge in [0.2, 0.25) is 5.78 Å². The van der Waals surface area contributed by atoms with E-state index in [4.69, 9.17) is 0 Å². The molecule has 1 aromatic carbocycles. The maximum Gasteiger partial charge on any atom is 0.224 e. The molecule has 0 aliphatic carbocycles. The SMILES string of the molecule is CC(=O)C(=O)/C=C(\O)c1ccccc1O. The van der Waals surface area contributed by atoms with Crippen LogP contribution in [-0.4, -0.2) is 21.8 Å². The van der Waals surface area contributed by atoms with Crippen molar-refractivity contribution >= 4 is 17.3 Å². The van der Waals surface area contributed by atoms with Crippen molar-refractivity contribution in [2.45, 2.75) is 6.92 Å². The molecule has 0 aliphatic rings.